The molecular weight excluding hydrogens is 291 g/mol. The molecule has 5 nitrogen and oxygen atoms in total. The number of carbonyl (C=O) groups is 2. The van der Waals surface area contributed by atoms with E-state index in [1.54, 1.807) is 0 Å². The summed E-state index contributed by atoms with van der Waals surface area (Å²) in [6, 6.07) is 2.52. The zero-order chi connectivity index (χ0) is 16.0. The van der Waals surface area contributed by atoms with E-state index in [-0.39, 0.29) is 25.4 Å². The lowest BCUT2D eigenvalue weighted by atomic mass is 10.1. The first-order chi connectivity index (χ1) is 9.75. The molecule has 1 aromatic carbocycles. The molecular formula is C13H14F3NO4. The summed E-state index contributed by atoms with van der Waals surface area (Å²) in [7, 11) is 1.45. The highest BCUT2D eigenvalue weighted by molar-refractivity contribution is 5.88. The van der Waals surface area contributed by atoms with Crippen LogP contribution in [-0.4, -0.2) is 30.6 Å². The molecule has 0 saturated heterocycles. The van der Waals surface area contributed by atoms with Crippen LogP contribution in [0, 0.1) is 0 Å². The third-order valence-electron chi connectivity index (χ3n) is 2.62. The molecule has 0 spiro atoms. The molecule has 0 saturated carbocycles. The Bertz CT molecular complexity index is 529. The maximum Gasteiger partial charge on any atom is 0.419 e. The minimum absolute atomic E-state index is 0.0804. The molecule has 1 rings (SSSR count). The number of benzene rings is 1. The Labute approximate surface area is 118 Å². The summed E-state index contributed by atoms with van der Waals surface area (Å²) in [6.45, 7) is -0.0804. The van der Waals surface area contributed by atoms with Crippen LogP contribution in [0.15, 0.2) is 18.2 Å². The summed E-state index contributed by atoms with van der Waals surface area (Å²) in [6.07, 6.45) is -4.34. The normalized spacial score (nSPS) is 11.0. The maximum atomic E-state index is 12.8. The van der Waals surface area contributed by atoms with Crippen LogP contribution in [0.25, 0.3) is 0 Å². The predicted octanol–water partition coefficient (Wildman–Crippen LogP) is 2.31. The van der Waals surface area contributed by atoms with Crippen molar-refractivity contribution in [3.8, 4) is 5.75 Å². The zero-order valence-corrected chi connectivity index (χ0v) is 11.2. The molecule has 0 aliphatic rings. The molecule has 0 aliphatic heterocycles. The summed E-state index contributed by atoms with van der Waals surface area (Å²) in [5, 5.41) is 11.1. The fourth-order valence-corrected chi connectivity index (χ4v) is 1.55. The van der Waals surface area contributed by atoms with Crippen molar-refractivity contribution >= 4 is 11.9 Å². The Balaban J connectivity index is 2.82. The average Bonchev–Trinajstić information content (AvgIpc) is 2.42. The Morgan fingerprint density at radius 2 is 2.00 bits per heavy atom. The third kappa shape index (κ3) is 4.97. The van der Waals surface area contributed by atoms with Gasteiger partial charge in [-0.2, -0.15) is 13.2 Å². The molecule has 0 heterocycles. The molecule has 0 aliphatic carbocycles. The first-order valence-corrected chi connectivity index (χ1v) is 6.03. The Kier molecular flexibility index (Phi) is 5.57. The number of hydrogen-bond donors (Lipinski definition) is 2. The number of carbonyl (C=O) groups excluding carboxylic acids is 1. The van der Waals surface area contributed by atoms with Gasteiger partial charge in [0.1, 0.15) is 5.75 Å². The minimum atomic E-state index is -4.72. The largest absolute Gasteiger partial charge is 0.493 e. The van der Waals surface area contributed by atoms with Gasteiger partial charge in [0.25, 0.3) is 0 Å². The van der Waals surface area contributed by atoms with Gasteiger partial charge in [0.15, 0.2) is 0 Å². The lowest BCUT2D eigenvalue weighted by molar-refractivity contribution is -0.139. The first-order valence-electron chi connectivity index (χ1n) is 6.03. The molecule has 8 heteroatoms. The maximum absolute atomic E-state index is 12.8. The lowest BCUT2D eigenvalue weighted by Gasteiger charge is -2.14. The van der Waals surface area contributed by atoms with Crippen molar-refractivity contribution in [1.29, 1.82) is 0 Å². The quantitative estimate of drug-likeness (QED) is 0.791. The number of aromatic carboxylic acids is 1. The number of carboxylic acids is 1. The van der Waals surface area contributed by atoms with Crippen LogP contribution in [-0.2, 0) is 11.0 Å². The summed E-state index contributed by atoms with van der Waals surface area (Å²) >= 11 is 0. The van der Waals surface area contributed by atoms with Crippen molar-refractivity contribution in [1.82, 2.24) is 5.32 Å². The van der Waals surface area contributed by atoms with E-state index >= 15 is 0 Å². The molecule has 0 atom stereocenters. The van der Waals surface area contributed by atoms with Crippen molar-refractivity contribution in [3.63, 3.8) is 0 Å². The van der Waals surface area contributed by atoms with E-state index in [0.717, 1.165) is 12.1 Å². The van der Waals surface area contributed by atoms with Gasteiger partial charge < -0.3 is 15.2 Å². The highest BCUT2D eigenvalue weighted by Gasteiger charge is 2.35. The van der Waals surface area contributed by atoms with Crippen molar-refractivity contribution in [2.45, 2.75) is 19.0 Å². The number of hydrogen-bond acceptors (Lipinski definition) is 3. The lowest BCUT2D eigenvalue weighted by Crippen LogP contribution is -2.18. The van der Waals surface area contributed by atoms with Crippen molar-refractivity contribution in [2.75, 3.05) is 13.7 Å². The van der Waals surface area contributed by atoms with E-state index < -0.39 is 29.0 Å². The molecule has 2 N–H and O–H groups in total. The van der Waals surface area contributed by atoms with Gasteiger partial charge in [0.05, 0.1) is 17.7 Å². The van der Waals surface area contributed by atoms with E-state index in [1.165, 1.54) is 7.05 Å². The van der Waals surface area contributed by atoms with Gasteiger partial charge in [0.2, 0.25) is 5.91 Å². The fraction of sp³-hybridized carbons (Fsp3) is 0.385. The van der Waals surface area contributed by atoms with Gasteiger partial charge in [-0.05, 0) is 24.6 Å². The van der Waals surface area contributed by atoms with Crippen molar-refractivity contribution in [3.05, 3.63) is 29.3 Å². The molecule has 0 radical (unpaired) electrons. The molecule has 1 amide bonds. The summed E-state index contributed by atoms with van der Waals surface area (Å²) in [5.41, 5.74) is -1.62. The molecule has 0 bridgehead atoms. The number of alkyl halides is 3. The van der Waals surface area contributed by atoms with Crippen molar-refractivity contribution in [2.24, 2.45) is 0 Å². The standard InChI is InChI=1S/C13H14F3NO4/c1-17-11(18)3-2-6-21-10-5-4-8(12(19)20)7-9(10)13(14,15)16/h4-5,7H,2-3,6H2,1H3,(H,17,18)(H,19,20). The van der Waals surface area contributed by atoms with Crippen LogP contribution >= 0.6 is 0 Å². The van der Waals surface area contributed by atoms with Crippen LogP contribution in [0.1, 0.15) is 28.8 Å². The second-order valence-electron chi connectivity index (χ2n) is 4.14. The Morgan fingerprint density at radius 3 is 2.52 bits per heavy atom. The summed E-state index contributed by atoms with van der Waals surface area (Å²) in [4.78, 5) is 21.7. The van der Waals surface area contributed by atoms with Crippen LogP contribution in [0.3, 0.4) is 0 Å². The second-order valence-corrected chi connectivity index (χ2v) is 4.14. The van der Waals surface area contributed by atoms with Crippen LogP contribution in [0.4, 0.5) is 13.2 Å². The number of carboxylic acid groups (broad SMARTS) is 1. The second kappa shape index (κ2) is 6.96. The van der Waals surface area contributed by atoms with Gasteiger partial charge in [0, 0.05) is 13.5 Å². The van der Waals surface area contributed by atoms with E-state index in [0.29, 0.717) is 6.07 Å². The molecule has 116 valence electrons. The van der Waals surface area contributed by atoms with Gasteiger partial charge in [-0.15, -0.1) is 0 Å². The number of ether oxygens (including phenoxy) is 1. The highest BCUT2D eigenvalue weighted by atomic mass is 19.4. The van der Waals surface area contributed by atoms with Crippen LogP contribution < -0.4 is 10.1 Å². The van der Waals surface area contributed by atoms with Crippen LogP contribution in [0.2, 0.25) is 0 Å². The molecule has 0 unspecified atom stereocenters. The smallest absolute Gasteiger partial charge is 0.419 e. The monoisotopic (exact) mass is 305 g/mol. The van der Waals surface area contributed by atoms with E-state index in [1.807, 2.05) is 0 Å². The number of rotatable bonds is 6. The SMILES string of the molecule is CNC(=O)CCCOc1ccc(C(=O)O)cc1C(F)(F)F. The predicted molar refractivity (Wildman–Crippen MR) is 67.2 cm³/mol. The van der Waals surface area contributed by atoms with Crippen LogP contribution in [0.5, 0.6) is 5.75 Å². The fourth-order valence-electron chi connectivity index (χ4n) is 1.55. The Morgan fingerprint density at radius 1 is 1.33 bits per heavy atom. The van der Waals surface area contributed by atoms with E-state index in [4.69, 9.17) is 9.84 Å². The van der Waals surface area contributed by atoms with Crippen molar-refractivity contribution < 1.29 is 32.6 Å². The number of amides is 1. The molecule has 0 aromatic heterocycles. The van der Waals surface area contributed by atoms with E-state index in [2.05, 4.69) is 5.32 Å². The third-order valence-corrected chi connectivity index (χ3v) is 2.62. The summed E-state index contributed by atoms with van der Waals surface area (Å²) in [5.74, 6) is -2.15. The van der Waals surface area contributed by atoms with Gasteiger partial charge in [-0.3, -0.25) is 4.79 Å². The molecule has 1 aromatic rings. The number of nitrogens with one attached hydrogen (secondary N) is 1. The topological polar surface area (TPSA) is 75.6 Å². The molecule has 21 heavy (non-hydrogen) atoms. The Hall–Kier alpha value is -2.25. The van der Waals surface area contributed by atoms with Gasteiger partial charge >= 0.3 is 12.1 Å². The van der Waals surface area contributed by atoms with Gasteiger partial charge in [-0.25, -0.2) is 4.79 Å². The van der Waals surface area contributed by atoms with E-state index in [9.17, 15) is 22.8 Å². The summed E-state index contributed by atoms with van der Waals surface area (Å²) < 4.78 is 43.5. The number of halogens is 3. The zero-order valence-electron chi connectivity index (χ0n) is 11.2. The molecule has 0 fully saturated rings. The minimum Gasteiger partial charge on any atom is -0.493 e. The average molecular weight is 305 g/mol. The first kappa shape index (κ1) is 16.8. The van der Waals surface area contributed by atoms with Gasteiger partial charge in [-0.1, -0.05) is 0 Å². The highest BCUT2D eigenvalue weighted by Crippen LogP contribution is 2.36.